The van der Waals surface area contributed by atoms with Gasteiger partial charge in [0.05, 0.1) is 0 Å². The van der Waals surface area contributed by atoms with E-state index in [4.69, 9.17) is 11.6 Å². The van der Waals surface area contributed by atoms with Crippen LogP contribution in [0.25, 0.3) is 0 Å². The fourth-order valence-electron chi connectivity index (χ4n) is 2.97. The van der Waals surface area contributed by atoms with Crippen LogP contribution in [0.5, 0.6) is 0 Å². The number of aromatic nitrogens is 2. The fourth-order valence-corrected chi connectivity index (χ4v) is 3.58. The van der Waals surface area contributed by atoms with Gasteiger partial charge in [-0.1, -0.05) is 35.4 Å². The molecule has 1 aromatic heterocycles. The molecule has 18 heavy (non-hydrogen) atoms. The zero-order chi connectivity index (χ0) is 12.4. The van der Waals surface area contributed by atoms with Crippen molar-refractivity contribution in [2.24, 2.45) is 5.92 Å². The van der Waals surface area contributed by atoms with E-state index in [1.54, 1.807) is 0 Å². The van der Waals surface area contributed by atoms with Crippen molar-refractivity contribution in [2.75, 3.05) is 6.54 Å². The van der Waals surface area contributed by atoms with Crippen LogP contribution in [-0.2, 0) is 6.54 Å². The lowest BCUT2D eigenvalue weighted by Crippen LogP contribution is -2.32. The van der Waals surface area contributed by atoms with Crippen LogP contribution >= 0.6 is 23.1 Å². The molecule has 2 aliphatic carbocycles. The molecule has 2 aliphatic rings. The van der Waals surface area contributed by atoms with E-state index in [1.807, 2.05) is 0 Å². The lowest BCUT2D eigenvalue weighted by atomic mass is 9.89. The van der Waals surface area contributed by atoms with Crippen molar-refractivity contribution in [2.45, 2.75) is 57.5 Å². The summed E-state index contributed by atoms with van der Waals surface area (Å²) in [7, 11) is 0. The molecule has 0 radical (unpaired) electrons. The van der Waals surface area contributed by atoms with Gasteiger partial charge in [0.15, 0.2) is 0 Å². The van der Waals surface area contributed by atoms with Gasteiger partial charge in [0.1, 0.15) is 10.0 Å². The highest BCUT2D eigenvalue weighted by atomic mass is 35.5. The van der Waals surface area contributed by atoms with E-state index in [0.29, 0.717) is 0 Å². The molecule has 0 N–H and O–H groups in total. The molecule has 0 saturated heterocycles. The van der Waals surface area contributed by atoms with Crippen LogP contribution in [0, 0.1) is 5.92 Å². The second-order valence-corrected chi connectivity index (χ2v) is 7.01. The van der Waals surface area contributed by atoms with Crippen LogP contribution in [0.4, 0.5) is 0 Å². The summed E-state index contributed by atoms with van der Waals surface area (Å²) >= 11 is 7.42. The molecule has 100 valence electrons. The first kappa shape index (κ1) is 12.8. The van der Waals surface area contributed by atoms with E-state index >= 15 is 0 Å². The van der Waals surface area contributed by atoms with E-state index in [2.05, 4.69) is 14.5 Å². The maximum absolute atomic E-state index is 6.12. The van der Waals surface area contributed by atoms with Crippen molar-refractivity contribution in [1.82, 2.24) is 14.5 Å². The molecule has 0 aliphatic heterocycles. The summed E-state index contributed by atoms with van der Waals surface area (Å²) in [6, 6.07) is 0.782. The molecular weight excluding hydrogens is 266 g/mol. The van der Waals surface area contributed by atoms with Crippen molar-refractivity contribution in [1.29, 1.82) is 0 Å². The highest BCUT2D eigenvalue weighted by Gasteiger charge is 2.31. The first-order valence-electron chi connectivity index (χ1n) is 7.03. The number of nitrogens with zero attached hydrogens (tertiary/aromatic N) is 3. The minimum Gasteiger partial charge on any atom is -0.294 e. The molecule has 0 aromatic carbocycles. The standard InChI is InChI=1S/C13H20ClN3S/c14-13-12(15-16-18-13)9-17(11-6-7-11)8-10-4-2-1-3-5-10/h10-11H,1-9H2. The quantitative estimate of drug-likeness (QED) is 0.825. The topological polar surface area (TPSA) is 29.0 Å². The van der Waals surface area contributed by atoms with Gasteiger partial charge in [0, 0.05) is 30.7 Å². The normalized spacial score (nSPS) is 21.7. The van der Waals surface area contributed by atoms with Gasteiger partial charge in [0.2, 0.25) is 0 Å². The second kappa shape index (κ2) is 5.85. The minimum atomic E-state index is 0.768. The molecule has 0 bridgehead atoms. The summed E-state index contributed by atoms with van der Waals surface area (Å²) in [4.78, 5) is 2.60. The molecule has 5 heteroatoms. The molecule has 1 aromatic rings. The molecule has 0 unspecified atom stereocenters. The Balaban J connectivity index is 1.59. The van der Waals surface area contributed by atoms with Gasteiger partial charge in [-0.05, 0) is 31.6 Å². The Morgan fingerprint density at radius 2 is 1.94 bits per heavy atom. The molecule has 3 rings (SSSR count). The lowest BCUT2D eigenvalue weighted by Gasteiger charge is -2.29. The number of hydrogen-bond acceptors (Lipinski definition) is 4. The third kappa shape index (κ3) is 3.22. The molecule has 1 heterocycles. The van der Waals surface area contributed by atoms with E-state index in [0.717, 1.165) is 28.5 Å². The average molecular weight is 286 g/mol. The molecular formula is C13H20ClN3S. The fraction of sp³-hybridized carbons (Fsp3) is 0.846. The first-order chi connectivity index (χ1) is 8.83. The van der Waals surface area contributed by atoms with E-state index in [9.17, 15) is 0 Å². The maximum Gasteiger partial charge on any atom is 0.138 e. The van der Waals surface area contributed by atoms with Crippen molar-refractivity contribution < 1.29 is 0 Å². The van der Waals surface area contributed by atoms with Crippen molar-refractivity contribution in [3.63, 3.8) is 0 Å². The van der Waals surface area contributed by atoms with Crippen LogP contribution in [-0.4, -0.2) is 27.1 Å². The van der Waals surface area contributed by atoms with Crippen molar-refractivity contribution in [3.8, 4) is 0 Å². The molecule has 0 spiro atoms. The lowest BCUT2D eigenvalue weighted by molar-refractivity contribution is 0.184. The van der Waals surface area contributed by atoms with E-state index < -0.39 is 0 Å². The van der Waals surface area contributed by atoms with Crippen LogP contribution in [0.1, 0.15) is 50.6 Å². The van der Waals surface area contributed by atoms with Crippen LogP contribution < -0.4 is 0 Å². The first-order valence-corrected chi connectivity index (χ1v) is 8.19. The summed E-state index contributed by atoms with van der Waals surface area (Å²) < 4.78 is 4.70. The molecule has 0 amide bonds. The zero-order valence-corrected chi connectivity index (χ0v) is 12.2. The zero-order valence-electron chi connectivity index (χ0n) is 10.6. The highest BCUT2D eigenvalue weighted by Crippen LogP contribution is 2.33. The smallest absolute Gasteiger partial charge is 0.138 e. The summed E-state index contributed by atoms with van der Waals surface area (Å²) in [5.74, 6) is 0.893. The SMILES string of the molecule is Clc1snnc1CN(CC1CCCCC1)C1CC1. The van der Waals surface area contributed by atoms with E-state index in [-0.39, 0.29) is 0 Å². The maximum atomic E-state index is 6.12. The van der Waals surface area contributed by atoms with Gasteiger partial charge in [0.25, 0.3) is 0 Å². The number of halogens is 1. The van der Waals surface area contributed by atoms with Gasteiger partial charge < -0.3 is 0 Å². The van der Waals surface area contributed by atoms with Crippen LogP contribution in [0.2, 0.25) is 4.34 Å². The molecule has 0 atom stereocenters. The minimum absolute atomic E-state index is 0.768. The van der Waals surface area contributed by atoms with Gasteiger partial charge in [-0.25, -0.2) is 0 Å². The van der Waals surface area contributed by atoms with Crippen molar-refractivity contribution >= 4 is 23.1 Å². The van der Waals surface area contributed by atoms with Crippen LogP contribution in [0.15, 0.2) is 0 Å². The Morgan fingerprint density at radius 1 is 1.17 bits per heavy atom. The molecule has 3 nitrogen and oxygen atoms in total. The summed E-state index contributed by atoms with van der Waals surface area (Å²) in [5, 5.41) is 4.15. The third-order valence-electron chi connectivity index (χ3n) is 4.14. The average Bonchev–Trinajstić information content (AvgIpc) is 3.16. The summed E-state index contributed by atoms with van der Waals surface area (Å²) in [6.45, 7) is 2.13. The van der Waals surface area contributed by atoms with Crippen molar-refractivity contribution in [3.05, 3.63) is 10.0 Å². The van der Waals surface area contributed by atoms with Gasteiger partial charge in [-0.2, -0.15) is 0 Å². The molecule has 2 fully saturated rings. The Labute approximate surface area is 118 Å². The highest BCUT2D eigenvalue weighted by molar-refractivity contribution is 7.10. The van der Waals surface area contributed by atoms with Gasteiger partial charge >= 0.3 is 0 Å². The predicted octanol–water partition coefficient (Wildman–Crippen LogP) is 3.74. The monoisotopic (exact) mass is 285 g/mol. The largest absolute Gasteiger partial charge is 0.294 e. The van der Waals surface area contributed by atoms with E-state index in [1.165, 1.54) is 63.0 Å². The summed E-state index contributed by atoms with van der Waals surface area (Å²) in [5.41, 5.74) is 0.976. The van der Waals surface area contributed by atoms with Crippen LogP contribution in [0.3, 0.4) is 0 Å². The molecule has 2 saturated carbocycles. The Hall–Kier alpha value is -0.190. The Bertz CT molecular complexity index is 385. The third-order valence-corrected chi connectivity index (χ3v) is 5.13. The number of rotatable bonds is 5. The van der Waals surface area contributed by atoms with Gasteiger partial charge in [-0.15, -0.1) is 5.10 Å². The summed E-state index contributed by atoms with van der Waals surface area (Å²) in [6.07, 6.45) is 9.79. The van der Waals surface area contributed by atoms with Gasteiger partial charge in [-0.3, -0.25) is 4.90 Å². The predicted molar refractivity (Wildman–Crippen MR) is 74.9 cm³/mol. The second-order valence-electron chi connectivity index (χ2n) is 5.66. The number of hydrogen-bond donors (Lipinski definition) is 0. The Kier molecular flexibility index (Phi) is 4.16. The Morgan fingerprint density at radius 3 is 2.56 bits per heavy atom.